The topological polar surface area (TPSA) is 60.4 Å². The van der Waals surface area contributed by atoms with Crippen LogP contribution in [0.25, 0.3) is 0 Å². The lowest BCUT2D eigenvalue weighted by Gasteiger charge is -2.72. The van der Waals surface area contributed by atoms with Crippen molar-refractivity contribution in [3.05, 3.63) is 0 Å². The van der Waals surface area contributed by atoms with Gasteiger partial charge in [0.25, 0.3) is 0 Å². The van der Waals surface area contributed by atoms with Crippen molar-refractivity contribution in [2.24, 2.45) is 56.7 Å². The summed E-state index contributed by atoms with van der Waals surface area (Å²) in [5.41, 5.74) is -0.243. The molecule has 0 aromatic carbocycles. The third-order valence-electron chi connectivity index (χ3n) is 13.3. The quantitative estimate of drug-likeness (QED) is 0.438. The van der Waals surface area contributed by atoms with Crippen LogP contribution in [-0.4, -0.2) is 24.6 Å². The van der Waals surface area contributed by atoms with Gasteiger partial charge in [-0.1, -0.05) is 34.6 Å². The molecular formula is C30H46O4. The number of rotatable bonds is 2. The molecular weight excluding hydrogens is 424 g/mol. The normalized spacial score (nSPS) is 51.5. The molecule has 0 aliphatic heterocycles. The molecule has 0 aromatic heterocycles. The third kappa shape index (κ3) is 2.75. The smallest absolute Gasteiger partial charge is 0.312 e. The van der Waals surface area contributed by atoms with Gasteiger partial charge in [-0.05, 0) is 105 Å². The molecule has 0 radical (unpaired) electrons. The fourth-order valence-corrected chi connectivity index (χ4v) is 11.4. The molecule has 5 aliphatic rings. The standard InChI is InChI=1S/C30H46O4/c1-18(31)19-10-15-30(25(33)34-7)17-16-28(5)20(24(19)30)8-9-22-27(4)13-12-23(32)26(2,3)21(27)11-14-29(22,28)6/h19-22,24H,8-17H2,1-7H3. The number of hydrogen-bond donors (Lipinski definition) is 0. The Balaban J connectivity index is 1.57. The highest BCUT2D eigenvalue weighted by Gasteiger charge is 2.72. The average Bonchev–Trinajstić information content (AvgIpc) is 3.18. The van der Waals surface area contributed by atoms with Crippen LogP contribution in [0, 0.1) is 56.7 Å². The molecule has 9 unspecified atom stereocenters. The van der Waals surface area contributed by atoms with Crippen LogP contribution in [0.4, 0.5) is 0 Å². The molecule has 5 rings (SSSR count). The van der Waals surface area contributed by atoms with E-state index in [9.17, 15) is 14.4 Å². The van der Waals surface area contributed by atoms with E-state index in [1.165, 1.54) is 7.11 Å². The Kier molecular flexibility index (Phi) is 5.34. The van der Waals surface area contributed by atoms with Crippen LogP contribution >= 0.6 is 0 Å². The first-order valence-corrected chi connectivity index (χ1v) is 13.9. The van der Waals surface area contributed by atoms with Gasteiger partial charge < -0.3 is 4.74 Å². The van der Waals surface area contributed by atoms with Crippen LogP contribution in [0.2, 0.25) is 0 Å². The fourth-order valence-electron chi connectivity index (χ4n) is 11.4. The van der Waals surface area contributed by atoms with E-state index in [1.54, 1.807) is 6.92 Å². The Labute approximate surface area is 206 Å². The molecule has 0 aromatic rings. The summed E-state index contributed by atoms with van der Waals surface area (Å²) in [6.45, 7) is 13.7. The van der Waals surface area contributed by atoms with E-state index in [0.29, 0.717) is 30.0 Å². The molecule has 5 aliphatic carbocycles. The zero-order valence-corrected chi connectivity index (χ0v) is 22.6. The monoisotopic (exact) mass is 470 g/mol. The molecule has 0 saturated heterocycles. The summed E-state index contributed by atoms with van der Waals surface area (Å²) in [7, 11) is 1.52. The van der Waals surface area contributed by atoms with Gasteiger partial charge in [0, 0.05) is 17.8 Å². The minimum absolute atomic E-state index is 0.0120. The Morgan fingerprint density at radius 3 is 2.18 bits per heavy atom. The van der Waals surface area contributed by atoms with Gasteiger partial charge in [-0.3, -0.25) is 14.4 Å². The molecule has 5 saturated carbocycles. The second-order valence-electron chi connectivity index (χ2n) is 14.2. The number of ether oxygens (including phenoxy) is 1. The predicted molar refractivity (Wildman–Crippen MR) is 132 cm³/mol. The molecule has 0 N–H and O–H groups in total. The number of carbonyl (C=O) groups excluding carboxylic acids is 3. The maximum Gasteiger partial charge on any atom is 0.312 e. The Hall–Kier alpha value is -1.19. The fraction of sp³-hybridized carbons (Fsp3) is 0.900. The number of methoxy groups -OCH3 is 1. The van der Waals surface area contributed by atoms with Gasteiger partial charge in [-0.25, -0.2) is 0 Å². The first-order valence-electron chi connectivity index (χ1n) is 13.9. The van der Waals surface area contributed by atoms with Crippen molar-refractivity contribution in [1.82, 2.24) is 0 Å². The summed E-state index contributed by atoms with van der Waals surface area (Å²) in [4.78, 5) is 39.0. The van der Waals surface area contributed by atoms with Crippen molar-refractivity contribution in [3.63, 3.8) is 0 Å². The summed E-state index contributed by atoms with van der Waals surface area (Å²) in [5.74, 6) is 2.18. The molecule has 4 heteroatoms. The molecule has 5 fully saturated rings. The Morgan fingerprint density at radius 2 is 1.53 bits per heavy atom. The third-order valence-corrected chi connectivity index (χ3v) is 13.3. The largest absolute Gasteiger partial charge is 0.469 e. The van der Waals surface area contributed by atoms with E-state index in [0.717, 1.165) is 57.8 Å². The molecule has 4 nitrogen and oxygen atoms in total. The lowest BCUT2D eigenvalue weighted by atomic mass is 9.32. The Morgan fingerprint density at radius 1 is 0.824 bits per heavy atom. The van der Waals surface area contributed by atoms with Crippen LogP contribution in [0.5, 0.6) is 0 Å². The van der Waals surface area contributed by atoms with Gasteiger partial charge >= 0.3 is 5.97 Å². The number of esters is 1. The number of ketones is 2. The maximum absolute atomic E-state index is 13.3. The maximum atomic E-state index is 13.3. The van der Waals surface area contributed by atoms with Crippen molar-refractivity contribution < 1.29 is 19.1 Å². The van der Waals surface area contributed by atoms with E-state index in [4.69, 9.17) is 4.74 Å². The van der Waals surface area contributed by atoms with Gasteiger partial charge in [-0.2, -0.15) is 0 Å². The second-order valence-corrected chi connectivity index (χ2v) is 14.2. The molecule has 34 heavy (non-hydrogen) atoms. The molecule has 0 bridgehead atoms. The van der Waals surface area contributed by atoms with E-state index in [1.807, 2.05) is 0 Å². The molecule has 0 heterocycles. The van der Waals surface area contributed by atoms with Crippen LogP contribution in [0.3, 0.4) is 0 Å². The number of carbonyl (C=O) groups is 3. The highest BCUT2D eigenvalue weighted by atomic mass is 16.5. The van der Waals surface area contributed by atoms with Crippen molar-refractivity contribution in [1.29, 1.82) is 0 Å². The first-order chi connectivity index (χ1) is 15.8. The molecule has 0 amide bonds. The predicted octanol–water partition coefficient (Wildman–Crippen LogP) is 6.40. The first kappa shape index (κ1) is 24.5. The zero-order chi connectivity index (χ0) is 24.9. The highest BCUT2D eigenvalue weighted by molar-refractivity contribution is 5.85. The van der Waals surface area contributed by atoms with Gasteiger partial charge in [0.2, 0.25) is 0 Å². The van der Waals surface area contributed by atoms with Gasteiger partial charge in [0.05, 0.1) is 12.5 Å². The lowest BCUT2D eigenvalue weighted by Crippen LogP contribution is -2.66. The van der Waals surface area contributed by atoms with Crippen LogP contribution < -0.4 is 0 Å². The van der Waals surface area contributed by atoms with Gasteiger partial charge in [0.15, 0.2) is 0 Å². The summed E-state index contributed by atoms with van der Waals surface area (Å²) in [6.07, 6.45) is 9.80. The molecule has 0 spiro atoms. The average molecular weight is 471 g/mol. The highest BCUT2D eigenvalue weighted by Crippen LogP contribution is 2.77. The van der Waals surface area contributed by atoms with Crippen molar-refractivity contribution in [2.75, 3.05) is 7.11 Å². The number of fused-ring (bicyclic) bond motifs is 7. The zero-order valence-electron chi connectivity index (χ0n) is 22.6. The van der Waals surface area contributed by atoms with Crippen LogP contribution in [-0.2, 0) is 19.1 Å². The van der Waals surface area contributed by atoms with E-state index in [2.05, 4.69) is 34.6 Å². The van der Waals surface area contributed by atoms with Gasteiger partial charge in [-0.15, -0.1) is 0 Å². The number of hydrogen-bond acceptors (Lipinski definition) is 4. The minimum atomic E-state index is -0.473. The second kappa shape index (κ2) is 7.42. The summed E-state index contributed by atoms with van der Waals surface area (Å²) >= 11 is 0. The van der Waals surface area contributed by atoms with Gasteiger partial charge in [0.1, 0.15) is 11.6 Å². The lowest BCUT2D eigenvalue weighted by molar-refractivity contribution is -0.236. The summed E-state index contributed by atoms with van der Waals surface area (Å²) in [6, 6.07) is 0. The van der Waals surface area contributed by atoms with Crippen LogP contribution in [0.1, 0.15) is 106 Å². The van der Waals surface area contributed by atoms with E-state index >= 15 is 0 Å². The van der Waals surface area contributed by atoms with Crippen LogP contribution in [0.15, 0.2) is 0 Å². The number of Topliss-reactive ketones (excluding diaryl/α,β-unsaturated/α-hetero) is 2. The Bertz CT molecular complexity index is 921. The van der Waals surface area contributed by atoms with Crippen molar-refractivity contribution in [3.8, 4) is 0 Å². The van der Waals surface area contributed by atoms with Crippen molar-refractivity contribution >= 4 is 17.5 Å². The summed E-state index contributed by atoms with van der Waals surface area (Å²) < 4.78 is 5.40. The SMILES string of the molecule is COC(=O)C12CCC(C(C)=O)C1C1CCC3C4(C)CCC(=O)C(C)(C)C4CCC3(C)C1(C)CC2. The minimum Gasteiger partial charge on any atom is -0.469 e. The van der Waals surface area contributed by atoms with E-state index in [-0.39, 0.29) is 45.2 Å². The summed E-state index contributed by atoms with van der Waals surface area (Å²) in [5, 5.41) is 0. The molecule has 9 atom stereocenters. The molecule has 190 valence electrons. The van der Waals surface area contributed by atoms with Crippen molar-refractivity contribution in [2.45, 2.75) is 106 Å². The van der Waals surface area contributed by atoms with E-state index < -0.39 is 5.41 Å².